The van der Waals surface area contributed by atoms with Gasteiger partial charge in [0.15, 0.2) is 11.5 Å². The zero-order chi connectivity index (χ0) is 23.0. The number of para-hydroxylation sites is 1. The Balaban J connectivity index is 2.00. The van der Waals surface area contributed by atoms with Crippen LogP contribution in [0, 0.1) is 0 Å². The number of sulfonamides is 1. The van der Waals surface area contributed by atoms with Gasteiger partial charge in [0.05, 0.1) is 25.0 Å². The number of methoxy groups -OCH3 is 2. The van der Waals surface area contributed by atoms with Crippen molar-refractivity contribution in [2.75, 3.05) is 40.1 Å². The van der Waals surface area contributed by atoms with Crippen molar-refractivity contribution in [2.24, 2.45) is 0 Å². The zero-order valence-electron chi connectivity index (χ0n) is 18.5. The quantitative estimate of drug-likeness (QED) is 0.470. The number of carbonyl (C=O) groups is 1. The first-order chi connectivity index (χ1) is 14.8. The first-order valence-electron chi connectivity index (χ1n) is 9.81. The van der Waals surface area contributed by atoms with E-state index in [9.17, 15) is 13.2 Å². The van der Waals surface area contributed by atoms with Crippen molar-refractivity contribution in [3.05, 3.63) is 42.1 Å². The minimum atomic E-state index is -3.55. The minimum Gasteiger partial charge on any atom is -0.493 e. The third-order valence-electron chi connectivity index (χ3n) is 4.71. The summed E-state index contributed by atoms with van der Waals surface area (Å²) in [5, 5.41) is 0.583. The lowest BCUT2D eigenvalue weighted by Gasteiger charge is -2.20. The van der Waals surface area contributed by atoms with Crippen LogP contribution in [-0.4, -0.2) is 68.6 Å². The maximum absolute atomic E-state index is 12.6. The monoisotopic (exact) mass is 467 g/mol. The Morgan fingerprint density at radius 2 is 1.81 bits per heavy atom. The molecule has 0 atom stereocenters. The number of amides is 1. The smallest absolute Gasteiger partial charge is 0.244 e. The summed E-state index contributed by atoms with van der Waals surface area (Å²) in [7, 11) is 1.30. The number of hydrogen-bond acceptors (Lipinski definition) is 7. The molecular formula is C21H29N3O5S2. The number of hydrogen-bond donors (Lipinski definition) is 0. The third-order valence-corrected chi connectivity index (χ3v) is 7.68. The molecule has 0 aliphatic carbocycles. The molecule has 170 valence electrons. The van der Waals surface area contributed by atoms with Crippen LogP contribution < -0.4 is 9.47 Å². The van der Waals surface area contributed by atoms with Crippen molar-refractivity contribution in [3.8, 4) is 11.5 Å². The molecule has 1 amide bonds. The van der Waals surface area contributed by atoms with Crippen molar-refractivity contribution >= 4 is 27.7 Å². The van der Waals surface area contributed by atoms with Gasteiger partial charge in [-0.1, -0.05) is 37.7 Å². The first-order valence-corrected chi connectivity index (χ1v) is 12.2. The van der Waals surface area contributed by atoms with Crippen molar-refractivity contribution < 1.29 is 22.7 Å². The molecule has 0 aliphatic rings. The zero-order valence-corrected chi connectivity index (χ0v) is 20.1. The number of carbonyl (C=O) groups excluding carboxylic acids is 1. The molecule has 10 heteroatoms. The molecule has 8 nitrogen and oxygen atoms in total. The Morgan fingerprint density at radius 1 is 1.10 bits per heavy atom. The molecule has 1 heterocycles. The molecule has 2 rings (SSSR count). The summed E-state index contributed by atoms with van der Waals surface area (Å²) in [6.45, 7) is 4.75. The molecule has 0 N–H and O–H groups in total. The molecule has 31 heavy (non-hydrogen) atoms. The Kier molecular flexibility index (Phi) is 9.15. The fourth-order valence-electron chi connectivity index (χ4n) is 2.99. The van der Waals surface area contributed by atoms with Crippen LogP contribution in [0.15, 0.2) is 46.5 Å². The lowest BCUT2D eigenvalue weighted by molar-refractivity contribution is -0.127. The highest BCUT2D eigenvalue weighted by Gasteiger charge is 2.22. The number of rotatable bonds is 11. The SMILES string of the molecule is CCN(CC)S(=O)(=O)c1ccc(SCC(=O)N(C)Cc2cccc(OC)c2OC)nc1. The molecule has 0 bridgehead atoms. The van der Waals surface area contributed by atoms with Crippen LogP contribution in [0.2, 0.25) is 0 Å². The average Bonchev–Trinajstić information content (AvgIpc) is 2.78. The van der Waals surface area contributed by atoms with E-state index >= 15 is 0 Å². The number of nitrogens with zero attached hydrogens (tertiary/aromatic N) is 3. The number of pyridine rings is 1. The van der Waals surface area contributed by atoms with Crippen LogP contribution in [0.5, 0.6) is 11.5 Å². The van der Waals surface area contributed by atoms with E-state index in [2.05, 4.69) is 4.98 Å². The molecule has 0 spiro atoms. The maximum Gasteiger partial charge on any atom is 0.244 e. The van der Waals surface area contributed by atoms with E-state index in [0.717, 1.165) is 5.56 Å². The van der Waals surface area contributed by atoms with Gasteiger partial charge >= 0.3 is 0 Å². The Bertz CT molecular complexity index is 977. The lowest BCUT2D eigenvalue weighted by Crippen LogP contribution is -2.30. The van der Waals surface area contributed by atoms with Gasteiger partial charge in [-0.15, -0.1) is 0 Å². The van der Waals surface area contributed by atoms with Crippen molar-refractivity contribution in [1.82, 2.24) is 14.2 Å². The van der Waals surface area contributed by atoms with Gasteiger partial charge in [-0.25, -0.2) is 13.4 Å². The van der Waals surface area contributed by atoms with Crippen LogP contribution in [0.1, 0.15) is 19.4 Å². The molecule has 0 saturated carbocycles. The van der Waals surface area contributed by atoms with E-state index in [0.29, 0.717) is 36.2 Å². The second-order valence-corrected chi connectivity index (χ2v) is 9.55. The van der Waals surface area contributed by atoms with E-state index in [-0.39, 0.29) is 16.6 Å². The van der Waals surface area contributed by atoms with Gasteiger partial charge in [-0.2, -0.15) is 4.31 Å². The second kappa shape index (κ2) is 11.4. The fourth-order valence-corrected chi connectivity index (χ4v) is 5.17. The highest BCUT2D eigenvalue weighted by molar-refractivity contribution is 7.99. The van der Waals surface area contributed by atoms with Gasteiger partial charge in [0.1, 0.15) is 4.90 Å². The van der Waals surface area contributed by atoms with Crippen LogP contribution in [0.4, 0.5) is 0 Å². The van der Waals surface area contributed by atoms with Gasteiger partial charge in [-0.05, 0) is 18.2 Å². The summed E-state index contributed by atoms with van der Waals surface area (Å²) in [5.74, 6) is 1.30. The Hall–Kier alpha value is -2.30. The fraction of sp³-hybridized carbons (Fsp3) is 0.429. The topological polar surface area (TPSA) is 89.0 Å². The standard InChI is InChI=1S/C21H29N3O5S2/c1-6-24(7-2)31(26,27)17-11-12-19(22-13-17)30-15-20(25)23(3)14-16-9-8-10-18(28-4)21(16)29-5/h8-13H,6-7,14-15H2,1-5H3. The molecule has 1 aromatic carbocycles. The van der Waals surface area contributed by atoms with E-state index in [1.807, 2.05) is 12.1 Å². The predicted octanol–water partition coefficient (Wildman–Crippen LogP) is 2.88. The second-order valence-electron chi connectivity index (χ2n) is 6.61. The third kappa shape index (κ3) is 6.11. The van der Waals surface area contributed by atoms with Gasteiger partial charge in [0.2, 0.25) is 15.9 Å². The molecule has 2 aromatic rings. The summed E-state index contributed by atoms with van der Waals surface area (Å²) >= 11 is 1.26. The molecular weight excluding hydrogens is 438 g/mol. The van der Waals surface area contributed by atoms with Crippen LogP contribution >= 0.6 is 11.8 Å². The molecule has 1 aromatic heterocycles. The van der Waals surface area contributed by atoms with Crippen LogP contribution in [0.3, 0.4) is 0 Å². The summed E-state index contributed by atoms with van der Waals surface area (Å²) in [4.78, 5) is 18.5. The van der Waals surface area contributed by atoms with E-state index in [1.54, 1.807) is 52.1 Å². The number of thioether (sulfide) groups is 1. The summed E-state index contributed by atoms with van der Waals surface area (Å²) in [6, 6.07) is 8.68. The van der Waals surface area contributed by atoms with Gasteiger partial charge < -0.3 is 14.4 Å². The first kappa shape index (κ1) is 25.0. The van der Waals surface area contributed by atoms with E-state index < -0.39 is 10.0 Å². The highest BCUT2D eigenvalue weighted by Crippen LogP contribution is 2.31. The largest absolute Gasteiger partial charge is 0.493 e. The summed E-state index contributed by atoms with van der Waals surface area (Å²) in [5.41, 5.74) is 0.840. The number of aromatic nitrogens is 1. The van der Waals surface area contributed by atoms with Crippen molar-refractivity contribution in [2.45, 2.75) is 30.3 Å². The van der Waals surface area contributed by atoms with Gasteiger partial charge in [0, 0.05) is 38.4 Å². The number of benzene rings is 1. The maximum atomic E-state index is 12.6. The summed E-state index contributed by atoms with van der Waals surface area (Å²) in [6.07, 6.45) is 1.34. The number of ether oxygens (including phenoxy) is 2. The molecule has 0 unspecified atom stereocenters. The normalized spacial score (nSPS) is 11.4. The molecule has 0 saturated heterocycles. The average molecular weight is 468 g/mol. The van der Waals surface area contributed by atoms with Crippen molar-refractivity contribution in [3.63, 3.8) is 0 Å². The minimum absolute atomic E-state index is 0.0866. The Labute approximate surface area is 188 Å². The van der Waals surface area contributed by atoms with Crippen LogP contribution in [-0.2, 0) is 21.4 Å². The summed E-state index contributed by atoms with van der Waals surface area (Å²) < 4.78 is 37.2. The predicted molar refractivity (Wildman–Crippen MR) is 121 cm³/mol. The molecule has 0 radical (unpaired) electrons. The Morgan fingerprint density at radius 3 is 2.35 bits per heavy atom. The van der Waals surface area contributed by atoms with E-state index in [1.165, 1.54) is 28.3 Å². The van der Waals surface area contributed by atoms with Gasteiger partial charge in [0.25, 0.3) is 0 Å². The highest BCUT2D eigenvalue weighted by atomic mass is 32.2. The molecule has 0 fully saturated rings. The van der Waals surface area contributed by atoms with Crippen LogP contribution in [0.25, 0.3) is 0 Å². The van der Waals surface area contributed by atoms with E-state index in [4.69, 9.17) is 9.47 Å². The van der Waals surface area contributed by atoms with Gasteiger partial charge in [-0.3, -0.25) is 4.79 Å². The van der Waals surface area contributed by atoms with Crippen molar-refractivity contribution in [1.29, 1.82) is 0 Å². The lowest BCUT2D eigenvalue weighted by atomic mass is 10.1. The molecule has 0 aliphatic heterocycles.